The molecule has 0 amide bonds. The molecule has 2 aromatic rings. The van der Waals surface area contributed by atoms with Crippen molar-refractivity contribution in [1.82, 2.24) is 14.9 Å². The smallest absolute Gasteiger partial charge is 0.304 e. The Hall–Kier alpha value is -1.73. The molecule has 0 unspecified atom stereocenters. The molecule has 0 bridgehead atoms. The van der Waals surface area contributed by atoms with Gasteiger partial charge >= 0.3 is 5.97 Å². The predicted molar refractivity (Wildman–Crippen MR) is 78.3 cm³/mol. The van der Waals surface area contributed by atoms with Gasteiger partial charge in [0.2, 0.25) is 0 Å². The summed E-state index contributed by atoms with van der Waals surface area (Å²) in [5.41, 5.74) is 0.850. The number of carboxylic acid groups (broad SMARTS) is 1. The Morgan fingerprint density at radius 2 is 2.15 bits per heavy atom. The van der Waals surface area contributed by atoms with Crippen LogP contribution in [0.3, 0.4) is 0 Å². The van der Waals surface area contributed by atoms with Crippen molar-refractivity contribution in [3.63, 3.8) is 0 Å². The van der Waals surface area contributed by atoms with E-state index < -0.39 is 5.97 Å². The molecule has 2 heterocycles. The fraction of sp³-hybridized carbons (Fsp3) is 0.462. The third-order valence-electron chi connectivity index (χ3n) is 3.22. The van der Waals surface area contributed by atoms with Crippen molar-refractivity contribution in [3.05, 3.63) is 26.6 Å². The summed E-state index contributed by atoms with van der Waals surface area (Å²) in [6.07, 6.45) is 0.0696. The number of fused-ring (bicyclic) bond motifs is 1. The SMILES string of the molecule is Cc1sc2nc(CN(C)CCC(=O)O)[nH]c(=O)c2c1C. The summed E-state index contributed by atoms with van der Waals surface area (Å²) < 4.78 is 0. The Balaban J connectivity index is 2.24. The van der Waals surface area contributed by atoms with E-state index in [1.54, 1.807) is 7.05 Å². The van der Waals surface area contributed by atoms with Gasteiger partial charge in [0.05, 0.1) is 18.4 Å². The summed E-state index contributed by atoms with van der Waals surface area (Å²) in [5.74, 6) is -0.269. The minimum Gasteiger partial charge on any atom is -0.481 e. The highest BCUT2D eigenvalue weighted by Crippen LogP contribution is 2.25. The summed E-state index contributed by atoms with van der Waals surface area (Å²) in [6, 6.07) is 0. The number of nitrogens with one attached hydrogen (secondary N) is 1. The average Bonchev–Trinajstić information content (AvgIpc) is 2.62. The number of aliphatic carboxylic acids is 1. The van der Waals surface area contributed by atoms with Crippen LogP contribution in [0.2, 0.25) is 0 Å². The summed E-state index contributed by atoms with van der Waals surface area (Å²) in [5, 5.41) is 9.31. The molecule has 2 N–H and O–H groups in total. The third-order valence-corrected chi connectivity index (χ3v) is 4.32. The summed E-state index contributed by atoms with van der Waals surface area (Å²) in [6.45, 7) is 4.73. The van der Waals surface area contributed by atoms with Crippen LogP contribution in [0, 0.1) is 13.8 Å². The number of carboxylic acids is 1. The first-order valence-electron chi connectivity index (χ1n) is 6.27. The number of rotatable bonds is 5. The fourth-order valence-corrected chi connectivity index (χ4v) is 3.04. The minimum atomic E-state index is -0.835. The van der Waals surface area contributed by atoms with Crippen LogP contribution < -0.4 is 5.56 Å². The van der Waals surface area contributed by atoms with Crippen molar-refractivity contribution in [2.24, 2.45) is 0 Å². The van der Waals surface area contributed by atoms with Gasteiger partial charge in [-0.2, -0.15) is 0 Å². The van der Waals surface area contributed by atoms with E-state index in [4.69, 9.17) is 5.11 Å². The molecule has 2 aromatic heterocycles. The van der Waals surface area contributed by atoms with Gasteiger partial charge in [-0.15, -0.1) is 11.3 Å². The molecule has 6 nitrogen and oxygen atoms in total. The number of hydrogen-bond acceptors (Lipinski definition) is 5. The Kier molecular flexibility index (Phi) is 4.20. The van der Waals surface area contributed by atoms with Gasteiger partial charge in [0.15, 0.2) is 0 Å². The van der Waals surface area contributed by atoms with Crippen LogP contribution >= 0.6 is 11.3 Å². The van der Waals surface area contributed by atoms with E-state index in [-0.39, 0.29) is 12.0 Å². The Labute approximate surface area is 120 Å². The molecule has 2 rings (SSSR count). The van der Waals surface area contributed by atoms with Crippen molar-refractivity contribution in [1.29, 1.82) is 0 Å². The van der Waals surface area contributed by atoms with Crippen molar-refractivity contribution in [3.8, 4) is 0 Å². The zero-order valence-corrected chi connectivity index (χ0v) is 12.5. The molecule has 0 fully saturated rings. The number of thiophene rings is 1. The van der Waals surface area contributed by atoms with Gasteiger partial charge in [-0.1, -0.05) is 0 Å². The number of nitrogens with zero attached hydrogens (tertiary/aromatic N) is 2. The lowest BCUT2D eigenvalue weighted by Crippen LogP contribution is -2.24. The van der Waals surface area contributed by atoms with E-state index >= 15 is 0 Å². The van der Waals surface area contributed by atoms with Crippen molar-refractivity contribution < 1.29 is 9.90 Å². The van der Waals surface area contributed by atoms with E-state index in [9.17, 15) is 9.59 Å². The quantitative estimate of drug-likeness (QED) is 0.873. The zero-order chi connectivity index (χ0) is 14.9. The third kappa shape index (κ3) is 3.05. The predicted octanol–water partition coefficient (Wildman–Crippen LogP) is 1.51. The van der Waals surface area contributed by atoms with E-state index in [1.807, 2.05) is 18.7 Å². The largest absolute Gasteiger partial charge is 0.481 e. The van der Waals surface area contributed by atoms with E-state index in [2.05, 4.69) is 9.97 Å². The van der Waals surface area contributed by atoms with Gasteiger partial charge in [-0.05, 0) is 26.5 Å². The van der Waals surface area contributed by atoms with Crippen molar-refractivity contribution >= 4 is 27.5 Å². The summed E-state index contributed by atoms with van der Waals surface area (Å²) in [4.78, 5) is 33.5. The number of aromatic nitrogens is 2. The van der Waals surface area contributed by atoms with Gasteiger partial charge in [-0.25, -0.2) is 4.98 Å². The standard InChI is InChI=1S/C13H17N3O3S/c1-7-8(2)20-13-11(7)12(19)14-9(15-13)6-16(3)5-4-10(17)18/h4-6H2,1-3H3,(H,17,18)(H,14,15,19). The monoisotopic (exact) mass is 295 g/mol. The van der Waals surface area contributed by atoms with Gasteiger partial charge in [0, 0.05) is 11.4 Å². The van der Waals surface area contributed by atoms with Gasteiger partial charge < -0.3 is 10.1 Å². The molecule has 0 spiro atoms. The molecule has 0 saturated carbocycles. The second-order valence-electron chi connectivity index (χ2n) is 4.86. The van der Waals surface area contributed by atoms with Crippen LogP contribution in [-0.2, 0) is 11.3 Å². The normalized spacial score (nSPS) is 11.4. The fourth-order valence-electron chi connectivity index (χ4n) is 2.00. The van der Waals surface area contributed by atoms with Gasteiger partial charge in [-0.3, -0.25) is 14.5 Å². The number of hydrogen-bond donors (Lipinski definition) is 2. The first-order chi connectivity index (χ1) is 9.38. The maximum atomic E-state index is 12.1. The number of aryl methyl sites for hydroxylation is 2. The first-order valence-corrected chi connectivity index (χ1v) is 7.09. The Morgan fingerprint density at radius 3 is 2.80 bits per heavy atom. The highest BCUT2D eigenvalue weighted by Gasteiger charge is 2.12. The van der Waals surface area contributed by atoms with E-state index in [0.29, 0.717) is 24.3 Å². The van der Waals surface area contributed by atoms with Crippen LogP contribution in [0.25, 0.3) is 10.2 Å². The molecule has 0 aliphatic carbocycles. The summed E-state index contributed by atoms with van der Waals surface area (Å²) >= 11 is 1.51. The first kappa shape index (κ1) is 14.7. The van der Waals surface area contributed by atoms with Crippen LogP contribution in [0.15, 0.2) is 4.79 Å². The Bertz CT molecular complexity index is 705. The number of carbonyl (C=O) groups is 1. The molecule has 0 aromatic carbocycles. The number of H-pyrrole nitrogens is 1. The van der Waals surface area contributed by atoms with Crippen molar-refractivity contribution in [2.75, 3.05) is 13.6 Å². The van der Waals surface area contributed by atoms with Crippen LogP contribution in [0.5, 0.6) is 0 Å². The average molecular weight is 295 g/mol. The van der Waals surface area contributed by atoms with Crippen LogP contribution in [0.1, 0.15) is 22.7 Å². The van der Waals surface area contributed by atoms with Crippen LogP contribution in [-0.4, -0.2) is 39.5 Å². The molecule has 7 heteroatoms. The Morgan fingerprint density at radius 1 is 1.45 bits per heavy atom. The molecule has 0 atom stereocenters. The lowest BCUT2D eigenvalue weighted by atomic mass is 10.2. The maximum Gasteiger partial charge on any atom is 0.304 e. The second-order valence-corrected chi connectivity index (χ2v) is 6.06. The van der Waals surface area contributed by atoms with Gasteiger partial charge in [0.1, 0.15) is 10.7 Å². The maximum absolute atomic E-state index is 12.1. The molecule has 0 aliphatic rings. The van der Waals surface area contributed by atoms with Crippen LogP contribution in [0.4, 0.5) is 0 Å². The molecule has 108 valence electrons. The zero-order valence-electron chi connectivity index (χ0n) is 11.7. The topological polar surface area (TPSA) is 86.3 Å². The minimum absolute atomic E-state index is 0.0696. The lowest BCUT2D eigenvalue weighted by Gasteiger charge is -2.14. The van der Waals surface area contributed by atoms with Crippen molar-refractivity contribution in [2.45, 2.75) is 26.8 Å². The highest BCUT2D eigenvalue weighted by atomic mass is 32.1. The molecule has 0 saturated heterocycles. The summed E-state index contributed by atoms with van der Waals surface area (Å²) in [7, 11) is 1.80. The molecule has 20 heavy (non-hydrogen) atoms. The second kappa shape index (κ2) is 5.72. The molecular formula is C13H17N3O3S. The lowest BCUT2D eigenvalue weighted by molar-refractivity contribution is -0.137. The molecule has 0 aliphatic heterocycles. The van der Waals surface area contributed by atoms with Gasteiger partial charge in [0.25, 0.3) is 5.56 Å². The van der Waals surface area contributed by atoms with E-state index in [0.717, 1.165) is 15.3 Å². The molecule has 0 radical (unpaired) electrons. The number of aromatic amines is 1. The highest BCUT2D eigenvalue weighted by molar-refractivity contribution is 7.18. The van der Waals surface area contributed by atoms with E-state index in [1.165, 1.54) is 11.3 Å². The molecular weight excluding hydrogens is 278 g/mol.